The monoisotopic (exact) mass is 144 g/mol. The normalized spacial score (nSPS) is 34.5. The van der Waals surface area contributed by atoms with Crippen LogP contribution in [0, 0.1) is 0 Å². The van der Waals surface area contributed by atoms with Crippen molar-refractivity contribution in [2.45, 2.75) is 37.3 Å². The van der Waals surface area contributed by atoms with Crippen LogP contribution in [-0.2, 0) is 0 Å². The second-order valence-corrected chi connectivity index (χ2v) is 14.4. The smallest absolute Gasteiger partial charge is 0.0467 e. The molecule has 1 aliphatic rings. The van der Waals surface area contributed by atoms with E-state index in [4.69, 9.17) is 0 Å². The standard InChI is InChI=1S/C6H16Si2/c1-6(2)7-5-8(6,3)4/h5,7H2,1-4H3. The molecule has 0 amide bonds. The van der Waals surface area contributed by atoms with Gasteiger partial charge in [0.15, 0.2) is 0 Å². The van der Waals surface area contributed by atoms with Crippen LogP contribution in [0.2, 0.25) is 23.4 Å². The molecular formula is C6H16Si2. The SMILES string of the molecule is CC1(C)[SiH2]C[Si]1(C)C. The van der Waals surface area contributed by atoms with Crippen LogP contribution >= 0.6 is 0 Å². The molecule has 0 radical (unpaired) electrons. The molecule has 1 aliphatic heterocycles. The molecule has 1 saturated heterocycles. The van der Waals surface area contributed by atoms with E-state index in [2.05, 4.69) is 26.9 Å². The van der Waals surface area contributed by atoms with Gasteiger partial charge >= 0.3 is 0 Å². The molecule has 0 aromatic heterocycles. The van der Waals surface area contributed by atoms with Crippen molar-refractivity contribution < 1.29 is 0 Å². The van der Waals surface area contributed by atoms with Crippen molar-refractivity contribution >= 4 is 17.6 Å². The van der Waals surface area contributed by atoms with Crippen molar-refractivity contribution in [3.05, 3.63) is 0 Å². The largest absolute Gasteiger partial charge is 0.0694 e. The van der Waals surface area contributed by atoms with Gasteiger partial charge in [-0.25, -0.2) is 0 Å². The highest BCUT2D eigenvalue weighted by Gasteiger charge is 2.47. The van der Waals surface area contributed by atoms with Crippen LogP contribution in [0.1, 0.15) is 13.8 Å². The summed E-state index contributed by atoms with van der Waals surface area (Å²) in [5.41, 5.74) is 1.69. The van der Waals surface area contributed by atoms with E-state index in [-0.39, 0.29) is 0 Å². The molecule has 0 N–H and O–H groups in total. The van der Waals surface area contributed by atoms with Crippen molar-refractivity contribution in [3.8, 4) is 0 Å². The van der Waals surface area contributed by atoms with Gasteiger partial charge in [-0.3, -0.25) is 0 Å². The van der Waals surface area contributed by atoms with Gasteiger partial charge in [-0.1, -0.05) is 32.6 Å². The second kappa shape index (κ2) is 1.48. The van der Waals surface area contributed by atoms with Crippen LogP contribution in [0.3, 0.4) is 0 Å². The highest BCUT2D eigenvalue weighted by atomic mass is 28.4. The third-order valence-electron chi connectivity index (χ3n) is 3.21. The summed E-state index contributed by atoms with van der Waals surface area (Å²) in [4.78, 5) is 0. The van der Waals surface area contributed by atoms with Crippen LogP contribution in [0.25, 0.3) is 0 Å². The molecule has 0 aromatic rings. The summed E-state index contributed by atoms with van der Waals surface area (Å²) in [5, 5.41) is 0. The molecular weight excluding hydrogens is 128 g/mol. The van der Waals surface area contributed by atoms with Gasteiger partial charge in [0.1, 0.15) is 0 Å². The molecule has 0 nitrogen and oxygen atoms in total. The number of rotatable bonds is 0. The molecule has 0 bridgehead atoms. The third kappa shape index (κ3) is 0.703. The Balaban J connectivity index is 2.63. The molecule has 0 saturated carbocycles. The van der Waals surface area contributed by atoms with Crippen molar-refractivity contribution in [1.82, 2.24) is 0 Å². The van der Waals surface area contributed by atoms with Crippen molar-refractivity contribution in [2.75, 3.05) is 0 Å². The lowest BCUT2D eigenvalue weighted by Gasteiger charge is -2.50. The minimum absolute atomic E-state index is 0.390. The van der Waals surface area contributed by atoms with Crippen molar-refractivity contribution in [3.63, 3.8) is 0 Å². The summed E-state index contributed by atoms with van der Waals surface area (Å²) in [6, 6.07) is 0. The summed E-state index contributed by atoms with van der Waals surface area (Å²) < 4.78 is 0.896. The average molecular weight is 144 g/mol. The zero-order chi connectivity index (χ0) is 6.41. The molecule has 1 rings (SSSR count). The molecule has 0 aliphatic carbocycles. The maximum Gasteiger partial charge on any atom is 0.0467 e. The second-order valence-electron chi connectivity index (χ2n) is 4.27. The van der Waals surface area contributed by atoms with Crippen LogP contribution in [0.15, 0.2) is 0 Å². The Morgan fingerprint density at radius 3 is 1.75 bits per heavy atom. The van der Waals surface area contributed by atoms with Crippen molar-refractivity contribution in [1.29, 1.82) is 0 Å². The van der Waals surface area contributed by atoms with Crippen LogP contribution < -0.4 is 0 Å². The van der Waals surface area contributed by atoms with E-state index >= 15 is 0 Å². The fourth-order valence-corrected chi connectivity index (χ4v) is 10.1. The summed E-state index contributed by atoms with van der Waals surface area (Å²) in [7, 11) is -0.226. The van der Waals surface area contributed by atoms with E-state index in [0.717, 1.165) is 4.66 Å². The van der Waals surface area contributed by atoms with E-state index in [1.165, 1.54) is 0 Å². The molecule has 0 aromatic carbocycles. The molecule has 48 valence electrons. The third-order valence-corrected chi connectivity index (χ3v) is 17.7. The predicted octanol–water partition coefficient (Wildman–Crippen LogP) is 1.57. The maximum absolute atomic E-state index is 2.53. The first kappa shape index (κ1) is 6.55. The van der Waals surface area contributed by atoms with Gasteiger partial charge in [0.2, 0.25) is 0 Å². The minimum Gasteiger partial charge on any atom is -0.0694 e. The Morgan fingerprint density at radius 2 is 1.75 bits per heavy atom. The highest BCUT2D eigenvalue weighted by Crippen LogP contribution is 2.47. The van der Waals surface area contributed by atoms with E-state index in [1.54, 1.807) is 5.67 Å². The van der Waals surface area contributed by atoms with Gasteiger partial charge < -0.3 is 0 Å². The summed E-state index contributed by atoms with van der Waals surface area (Å²) >= 11 is 0. The molecule has 1 fully saturated rings. The average Bonchev–Trinajstić information content (AvgIpc) is 1.64. The zero-order valence-corrected chi connectivity index (χ0v) is 8.83. The fraction of sp³-hybridized carbons (Fsp3) is 1.00. The van der Waals surface area contributed by atoms with Crippen LogP contribution in [-0.4, -0.2) is 17.6 Å². The fourth-order valence-electron chi connectivity index (χ4n) is 1.12. The summed E-state index contributed by atoms with van der Waals surface area (Å²) in [6.45, 7) is 10.0. The van der Waals surface area contributed by atoms with E-state index < -0.39 is 8.07 Å². The predicted molar refractivity (Wildman–Crippen MR) is 44.9 cm³/mol. The minimum atomic E-state index is -0.617. The van der Waals surface area contributed by atoms with Crippen LogP contribution in [0.5, 0.6) is 0 Å². The Hall–Kier alpha value is 0.434. The van der Waals surface area contributed by atoms with E-state index in [1.807, 2.05) is 0 Å². The van der Waals surface area contributed by atoms with E-state index in [9.17, 15) is 0 Å². The Bertz CT molecular complexity index is 91.1. The Morgan fingerprint density at radius 1 is 1.38 bits per heavy atom. The highest BCUT2D eigenvalue weighted by molar-refractivity contribution is 7.02. The molecule has 0 spiro atoms. The first-order chi connectivity index (χ1) is 3.46. The molecule has 8 heavy (non-hydrogen) atoms. The van der Waals surface area contributed by atoms with Gasteiger partial charge in [-0.2, -0.15) is 0 Å². The molecule has 2 heteroatoms. The van der Waals surface area contributed by atoms with Gasteiger partial charge in [0.25, 0.3) is 0 Å². The lowest BCUT2D eigenvalue weighted by atomic mass is 10.5. The lowest BCUT2D eigenvalue weighted by molar-refractivity contribution is 0.856. The topological polar surface area (TPSA) is 0 Å². The van der Waals surface area contributed by atoms with Gasteiger partial charge in [-0.15, -0.1) is 0 Å². The van der Waals surface area contributed by atoms with Gasteiger partial charge in [-0.05, 0) is 4.66 Å². The quantitative estimate of drug-likeness (QED) is 0.453. The molecule has 0 atom stereocenters. The number of hydrogen-bond acceptors (Lipinski definition) is 0. The molecule has 0 unspecified atom stereocenters. The molecule has 1 heterocycles. The Labute approximate surface area is 55.5 Å². The Kier molecular flexibility index (Phi) is 1.21. The lowest BCUT2D eigenvalue weighted by Crippen LogP contribution is -2.54. The van der Waals surface area contributed by atoms with Gasteiger partial charge in [0.05, 0.1) is 0 Å². The first-order valence-corrected chi connectivity index (χ1v) is 8.37. The number of hydrogen-bond donors (Lipinski definition) is 0. The van der Waals surface area contributed by atoms with Crippen LogP contribution in [0.4, 0.5) is 0 Å². The van der Waals surface area contributed by atoms with Gasteiger partial charge in [0, 0.05) is 17.6 Å². The van der Waals surface area contributed by atoms with E-state index in [0.29, 0.717) is 9.52 Å². The zero-order valence-electron chi connectivity index (χ0n) is 6.41. The summed E-state index contributed by atoms with van der Waals surface area (Å²) in [6.07, 6.45) is 0. The van der Waals surface area contributed by atoms with Crippen molar-refractivity contribution in [2.24, 2.45) is 0 Å². The maximum atomic E-state index is 2.53. The first-order valence-electron chi connectivity index (χ1n) is 3.46. The summed E-state index contributed by atoms with van der Waals surface area (Å²) in [5.74, 6) is 0.